The van der Waals surface area contributed by atoms with Gasteiger partial charge in [0.1, 0.15) is 5.82 Å². The first-order chi connectivity index (χ1) is 8.68. The average molecular weight is 247 g/mol. The number of hydrogen-bond donors (Lipinski definition) is 1. The Morgan fingerprint density at radius 1 is 1.39 bits per heavy atom. The maximum Gasteiger partial charge on any atom is 0.147 e. The van der Waals surface area contributed by atoms with Crippen molar-refractivity contribution >= 4 is 0 Å². The minimum atomic E-state index is -0.225. The van der Waals surface area contributed by atoms with Gasteiger partial charge in [-0.15, -0.1) is 0 Å². The number of nitrogens with one attached hydrogen (secondary N) is 1. The van der Waals surface area contributed by atoms with E-state index in [1.807, 2.05) is 6.07 Å². The van der Waals surface area contributed by atoms with Crippen molar-refractivity contribution in [2.75, 3.05) is 6.54 Å². The zero-order chi connectivity index (χ0) is 13.0. The van der Waals surface area contributed by atoms with Gasteiger partial charge in [0, 0.05) is 18.9 Å². The molecule has 0 saturated carbocycles. The van der Waals surface area contributed by atoms with Crippen molar-refractivity contribution in [3.05, 3.63) is 48.3 Å². The first kappa shape index (κ1) is 12.8. The van der Waals surface area contributed by atoms with E-state index in [0.717, 1.165) is 12.1 Å². The van der Waals surface area contributed by atoms with Gasteiger partial charge >= 0.3 is 0 Å². The highest BCUT2D eigenvalue weighted by atomic mass is 19.1. The summed E-state index contributed by atoms with van der Waals surface area (Å²) in [5.74, 6) is 0.354. The zero-order valence-electron chi connectivity index (χ0n) is 10.7. The first-order valence-electron chi connectivity index (χ1n) is 6.15. The van der Waals surface area contributed by atoms with Gasteiger partial charge in [-0.2, -0.15) is 0 Å². The number of aromatic nitrogens is 2. The van der Waals surface area contributed by atoms with Gasteiger partial charge < -0.3 is 9.88 Å². The molecular formula is C14H18FN3. The van der Waals surface area contributed by atoms with Crippen LogP contribution >= 0.6 is 0 Å². The van der Waals surface area contributed by atoms with Gasteiger partial charge in [0.25, 0.3) is 0 Å². The van der Waals surface area contributed by atoms with Crippen molar-refractivity contribution in [1.82, 2.24) is 14.9 Å². The van der Waals surface area contributed by atoms with Gasteiger partial charge in [-0.05, 0) is 24.1 Å². The molecule has 1 aromatic heterocycles. The van der Waals surface area contributed by atoms with Crippen molar-refractivity contribution in [2.45, 2.75) is 20.4 Å². The number of imidazole rings is 1. The summed E-state index contributed by atoms with van der Waals surface area (Å²) in [7, 11) is 0. The summed E-state index contributed by atoms with van der Waals surface area (Å²) in [6.07, 6.45) is 5.02. The van der Waals surface area contributed by atoms with Crippen molar-refractivity contribution in [1.29, 1.82) is 0 Å². The molecule has 4 heteroatoms. The third kappa shape index (κ3) is 2.96. The predicted molar refractivity (Wildman–Crippen MR) is 70.1 cm³/mol. The molecule has 2 rings (SSSR count). The molecule has 0 unspecified atom stereocenters. The Hall–Kier alpha value is -1.68. The lowest BCUT2D eigenvalue weighted by Crippen LogP contribution is -2.20. The molecule has 0 atom stereocenters. The Labute approximate surface area is 107 Å². The normalized spacial score (nSPS) is 11.1. The predicted octanol–water partition coefficient (Wildman–Crippen LogP) is 2.76. The molecule has 0 saturated heterocycles. The summed E-state index contributed by atoms with van der Waals surface area (Å²) >= 11 is 0. The molecule has 0 aliphatic rings. The van der Waals surface area contributed by atoms with Gasteiger partial charge in [0.05, 0.1) is 12.0 Å². The molecule has 2 aromatic rings. The molecule has 0 radical (unpaired) electrons. The van der Waals surface area contributed by atoms with Crippen LogP contribution in [0, 0.1) is 11.7 Å². The van der Waals surface area contributed by atoms with Crippen LogP contribution in [0.25, 0.3) is 5.69 Å². The van der Waals surface area contributed by atoms with E-state index in [1.165, 1.54) is 6.07 Å². The fraction of sp³-hybridized carbons (Fsp3) is 0.357. The van der Waals surface area contributed by atoms with Gasteiger partial charge in [-0.3, -0.25) is 0 Å². The van der Waals surface area contributed by atoms with Gasteiger partial charge in [-0.25, -0.2) is 9.37 Å². The van der Waals surface area contributed by atoms with E-state index in [4.69, 9.17) is 0 Å². The van der Waals surface area contributed by atoms with Crippen LogP contribution in [0.1, 0.15) is 19.4 Å². The number of para-hydroxylation sites is 1. The molecule has 0 fully saturated rings. The standard InChI is InChI=1S/C14H18FN3/c1-11(2)8-17-9-12-4-3-5-13(15)14(12)18-7-6-16-10-18/h3-7,10-11,17H,8-9H2,1-2H3. The summed E-state index contributed by atoms with van der Waals surface area (Å²) in [5, 5.41) is 3.33. The van der Waals surface area contributed by atoms with Crippen LogP contribution < -0.4 is 5.32 Å². The molecule has 96 valence electrons. The molecule has 0 amide bonds. The minimum Gasteiger partial charge on any atom is -0.312 e. The lowest BCUT2D eigenvalue weighted by molar-refractivity contribution is 0.548. The van der Waals surface area contributed by atoms with Crippen LogP contribution in [0.4, 0.5) is 4.39 Å². The third-order valence-electron chi connectivity index (χ3n) is 2.70. The number of halogens is 1. The van der Waals surface area contributed by atoms with Crippen LogP contribution in [0.5, 0.6) is 0 Å². The van der Waals surface area contributed by atoms with Crippen molar-refractivity contribution in [2.24, 2.45) is 5.92 Å². The van der Waals surface area contributed by atoms with Gasteiger partial charge in [0.2, 0.25) is 0 Å². The number of benzene rings is 1. The molecule has 18 heavy (non-hydrogen) atoms. The molecule has 0 aliphatic carbocycles. The van der Waals surface area contributed by atoms with Crippen LogP contribution in [0.3, 0.4) is 0 Å². The summed E-state index contributed by atoms with van der Waals surface area (Å²) < 4.78 is 15.6. The van der Waals surface area contributed by atoms with Gasteiger partial charge in [-0.1, -0.05) is 26.0 Å². The van der Waals surface area contributed by atoms with Crippen LogP contribution in [0.2, 0.25) is 0 Å². The SMILES string of the molecule is CC(C)CNCc1cccc(F)c1-n1ccnc1. The average Bonchev–Trinajstić information content (AvgIpc) is 2.82. The highest BCUT2D eigenvalue weighted by Gasteiger charge is 2.09. The number of rotatable bonds is 5. The van der Waals surface area contributed by atoms with E-state index in [1.54, 1.807) is 29.4 Å². The second-order valence-corrected chi connectivity index (χ2v) is 4.74. The van der Waals surface area contributed by atoms with E-state index >= 15 is 0 Å². The van der Waals surface area contributed by atoms with E-state index < -0.39 is 0 Å². The van der Waals surface area contributed by atoms with Crippen molar-refractivity contribution < 1.29 is 4.39 Å². The van der Waals surface area contributed by atoms with E-state index in [2.05, 4.69) is 24.1 Å². The molecular weight excluding hydrogens is 229 g/mol. The molecule has 1 aromatic carbocycles. The van der Waals surface area contributed by atoms with Crippen molar-refractivity contribution in [3.8, 4) is 5.69 Å². The van der Waals surface area contributed by atoms with E-state index in [-0.39, 0.29) is 5.82 Å². The molecule has 1 heterocycles. The van der Waals surface area contributed by atoms with Crippen LogP contribution in [0.15, 0.2) is 36.9 Å². The summed E-state index contributed by atoms with van der Waals surface area (Å²) in [4.78, 5) is 3.97. The lowest BCUT2D eigenvalue weighted by atomic mass is 10.1. The molecule has 0 spiro atoms. The second kappa shape index (κ2) is 5.78. The number of hydrogen-bond acceptors (Lipinski definition) is 2. The monoisotopic (exact) mass is 247 g/mol. The Balaban J connectivity index is 2.22. The molecule has 3 nitrogen and oxygen atoms in total. The molecule has 1 N–H and O–H groups in total. The number of nitrogens with zero attached hydrogens (tertiary/aromatic N) is 2. The fourth-order valence-electron chi connectivity index (χ4n) is 1.88. The maximum atomic E-state index is 13.9. The van der Waals surface area contributed by atoms with Crippen LogP contribution in [-0.2, 0) is 6.54 Å². The topological polar surface area (TPSA) is 29.9 Å². The van der Waals surface area contributed by atoms with E-state index in [0.29, 0.717) is 18.2 Å². The largest absolute Gasteiger partial charge is 0.312 e. The zero-order valence-corrected chi connectivity index (χ0v) is 10.7. The Morgan fingerprint density at radius 2 is 2.22 bits per heavy atom. The van der Waals surface area contributed by atoms with Crippen molar-refractivity contribution in [3.63, 3.8) is 0 Å². The van der Waals surface area contributed by atoms with E-state index in [9.17, 15) is 4.39 Å². The lowest BCUT2D eigenvalue weighted by Gasteiger charge is -2.13. The van der Waals surface area contributed by atoms with Crippen LogP contribution in [-0.4, -0.2) is 16.1 Å². The maximum absolute atomic E-state index is 13.9. The minimum absolute atomic E-state index is 0.225. The Morgan fingerprint density at radius 3 is 2.89 bits per heavy atom. The fourth-order valence-corrected chi connectivity index (χ4v) is 1.88. The smallest absolute Gasteiger partial charge is 0.147 e. The third-order valence-corrected chi connectivity index (χ3v) is 2.70. The molecule has 0 aliphatic heterocycles. The molecule has 0 bridgehead atoms. The highest BCUT2D eigenvalue weighted by molar-refractivity contribution is 5.42. The van der Waals surface area contributed by atoms with Gasteiger partial charge in [0.15, 0.2) is 0 Å². The highest BCUT2D eigenvalue weighted by Crippen LogP contribution is 2.18. The Bertz CT molecular complexity index is 492. The summed E-state index contributed by atoms with van der Waals surface area (Å²) in [6.45, 7) is 5.87. The second-order valence-electron chi connectivity index (χ2n) is 4.74. The first-order valence-corrected chi connectivity index (χ1v) is 6.15. The summed E-state index contributed by atoms with van der Waals surface area (Å²) in [5.41, 5.74) is 1.51. The Kier molecular flexibility index (Phi) is 4.10. The summed E-state index contributed by atoms with van der Waals surface area (Å²) in [6, 6.07) is 5.15. The quantitative estimate of drug-likeness (QED) is 0.880.